The average Bonchev–Trinajstić information content (AvgIpc) is 3.01. The maximum absolute atomic E-state index is 11.9. The molecule has 0 bridgehead atoms. The number of nitrogens with one attached hydrogen (secondary N) is 1. The molecule has 1 N–H and O–H groups in total. The van der Waals surface area contributed by atoms with Crippen molar-refractivity contribution in [2.24, 2.45) is 5.92 Å². The molecule has 2 aromatic rings. The number of fused-ring (bicyclic) bond motifs is 1. The van der Waals surface area contributed by atoms with Crippen molar-refractivity contribution in [3.05, 3.63) is 29.3 Å². The first-order valence-corrected chi connectivity index (χ1v) is 9.50. The third-order valence-electron chi connectivity index (χ3n) is 3.58. The van der Waals surface area contributed by atoms with Gasteiger partial charge in [-0.3, -0.25) is 4.79 Å². The Morgan fingerprint density at radius 2 is 2.19 bits per heavy atom. The van der Waals surface area contributed by atoms with Crippen molar-refractivity contribution in [1.29, 1.82) is 0 Å². The molecule has 3 rings (SSSR count). The van der Waals surface area contributed by atoms with Crippen molar-refractivity contribution >= 4 is 37.3 Å². The van der Waals surface area contributed by atoms with Gasteiger partial charge >= 0.3 is 0 Å². The van der Waals surface area contributed by atoms with Gasteiger partial charge in [-0.25, -0.2) is 13.4 Å². The molecule has 7 heteroatoms. The van der Waals surface area contributed by atoms with Crippen molar-refractivity contribution in [3.8, 4) is 0 Å². The second kappa shape index (κ2) is 5.73. The Morgan fingerprint density at radius 3 is 2.90 bits per heavy atom. The van der Waals surface area contributed by atoms with Crippen LogP contribution in [0, 0.1) is 5.92 Å². The lowest BCUT2D eigenvalue weighted by atomic mass is 10.1. The summed E-state index contributed by atoms with van der Waals surface area (Å²) in [5.74, 6) is -0.425. The molecule has 0 spiro atoms. The number of aromatic nitrogens is 1. The van der Waals surface area contributed by atoms with E-state index in [2.05, 4.69) is 10.3 Å². The van der Waals surface area contributed by atoms with Crippen LogP contribution in [0.5, 0.6) is 0 Å². The first kappa shape index (κ1) is 14.5. The summed E-state index contributed by atoms with van der Waals surface area (Å²) < 4.78 is 23.8. The number of sulfone groups is 1. The molecule has 1 saturated heterocycles. The zero-order chi connectivity index (χ0) is 14.9. The Balaban J connectivity index is 1.53. The largest absolute Gasteiger partial charge is 0.355 e. The van der Waals surface area contributed by atoms with Crippen molar-refractivity contribution < 1.29 is 13.2 Å². The van der Waals surface area contributed by atoms with E-state index in [4.69, 9.17) is 0 Å². The lowest BCUT2D eigenvalue weighted by Gasteiger charge is -2.08. The van der Waals surface area contributed by atoms with Gasteiger partial charge < -0.3 is 5.32 Å². The number of para-hydroxylation sites is 1. The van der Waals surface area contributed by atoms with Gasteiger partial charge in [0.05, 0.1) is 32.6 Å². The summed E-state index contributed by atoms with van der Waals surface area (Å²) in [6.07, 6.45) is 1.11. The van der Waals surface area contributed by atoms with Crippen LogP contribution in [0.3, 0.4) is 0 Å². The molecular weight excluding hydrogens is 308 g/mol. The molecule has 21 heavy (non-hydrogen) atoms. The second-order valence-electron chi connectivity index (χ2n) is 5.22. The highest BCUT2D eigenvalue weighted by Gasteiger charge is 2.32. The topological polar surface area (TPSA) is 76.1 Å². The highest BCUT2D eigenvalue weighted by molar-refractivity contribution is 7.91. The Kier molecular flexibility index (Phi) is 3.95. The SMILES string of the molecule is O=C(NCCc1nc2ccccc2s1)C1CCS(=O)(=O)C1. The first-order chi connectivity index (χ1) is 10.0. The minimum absolute atomic E-state index is 0.0139. The summed E-state index contributed by atoms with van der Waals surface area (Å²) in [6, 6.07) is 7.93. The van der Waals surface area contributed by atoms with Gasteiger partial charge in [0.2, 0.25) is 5.91 Å². The first-order valence-electron chi connectivity index (χ1n) is 6.86. The Bertz CT molecular complexity index is 734. The minimum atomic E-state index is -3.01. The molecule has 1 unspecified atom stereocenters. The van der Waals surface area contributed by atoms with Crippen LogP contribution in [0.25, 0.3) is 10.2 Å². The molecule has 1 atom stereocenters. The zero-order valence-corrected chi connectivity index (χ0v) is 13.0. The number of carbonyl (C=O) groups is 1. The van der Waals surface area contributed by atoms with Crippen LogP contribution in [0.4, 0.5) is 0 Å². The minimum Gasteiger partial charge on any atom is -0.355 e. The van der Waals surface area contributed by atoms with Gasteiger partial charge in [-0.1, -0.05) is 12.1 Å². The maximum Gasteiger partial charge on any atom is 0.224 e. The third-order valence-corrected chi connectivity index (χ3v) is 6.44. The summed E-state index contributed by atoms with van der Waals surface area (Å²) >= 11 is 1.62. The van der Waals surface area contributed by atoms with Crippen LogP contribution >= 0.6 is 11.3 Å². The van der Waals surface area contributed by atoms with Crippen LogP contribution in [-0.4, -0.2) is 37.4 Å². The lowest BCUT2D eigenvalue weighted by Crippen LogP contribution is -2.32. The van der Waals surface area contributed by atoms with E-state index in [-0.39, 0.29) is 23.3 Å². The lowest BCUT2D eigenvalue weighted by molar-refractivity contribution is -0.124. The average molecular weight is 324 g/mol. The fourth-order valence-corrected chi connectivity index (χ4v) is 5.17. The molecule has 112 valence electrons. The third kappa shape index (κ3) is 3.41. The molecule has 1 aliphatic rings. The van der Waals surface area contributed by atoms with Gasteiger partial charge in [-0.05, 0) is 18.6 Å². The van der Waals surface area contributed by atoms with Crippen molar-refractivity contribution in [2.45, 2.75) is 12.8 Å². The van der Waals surface area contributed by atoms with Crippen molar-refractivity contribution in [1.82, 2.24) is 10.3 Å². The number of hydrogen-bond acceptors (Lipinski definition) is 5. The molecule has 1 amide bonds. The molecule has 1 aromatic heterocycles. The van der Waals surface area contributed by atoms with Crippen LogP contribution in [0.15, 0.2) is 24.3 Å². The monoisotopic (exact) mass is 324 g/mol. The zero-order valence-electron chi connectivity index (χ0n) is 11.4. The molecule has 1 fully saturated rings. The van der Waals surface area contributed by atoms with Gasteiger partial charge in [-0.2, -0.15) is 0 Å². The van der Waals surface area contributed by atoms with E-state index in [0.29, 0.717) is 19.4 Å². The summed E-state index contributed by atoms with van der Waals surface area (Å²) in [5.41, 5.74) is 0.978. The van der Waals surface area contributed by atoms with E-state index < -0.39 is 9.84 Å². The standard InChI is InChI=1S/C14H16N2O3S2/c17-14(10-6-8-21(18,19)9-10)15-7-5-13-16-11-3-1-2-4-12(11)20-13/h1-4,10H,5-9H2,(H,15,17). The number of nitrogens with zero attached hydrogens (tertiary/aromatic N) is 1. The van der Waals surface area contributed by atoms with Crippen molar-refractivity contribution in [2.75, 3.05) is 18.1 Å². The number of rotatable bonds is 4. The smallest absolute Gasteiger partial charge is 0.224 e. The number of amides is 1. The summed E-state index contributed by atoms with van der Waals surface area (Å²) in [6.45, 7) is 0.495. The number of hydrogen-bond donors (Lipinski definition) is 1. The molecule has 5 nitrogen and oxygen atoms in total. The van der Waals surface area contributed by atoms with Gasteiger partial charge in [0.1, 0.15) is 0 Å². The van der Waals surface area contributed by atoms with Gasteiger partial charge in [0, 0.05) is 13.0 Å². The molecule has 0 saturated carbocycles. The quantitative estimate of drug-likeness (QED) is 0.922. The normalized spacial score (nSPS) is 20.7. The second-order valence-corrected chi connectivity index (χ2v) is 8.56. The van der Waals surface area contributed by atoms with Crippen LogP contribution in [0.1, 0.15) is 11.4 Å². The van der Waals surface area contributed by atoms with Crippen LogP contribution in [-0.2, 0) is 21.1 Å². The van der Waals surface area contributed by atoms with E-state index in [1.165, 1.54) is 0 Å². The predicted molar refractivity (Wildman–Crippen MR) is 83.1 cm³/mol. The summed E-state index contributed by atoms with van der Waals surface area (Å²) in [7, 11) is -3.01. The molecule has 0 aliphatic carbocycles. The van der Waals surface area contributed by atoms with E-state index in [1.807, 2.05) is 24.3 Å². The van der Waals surface area contributed by atoms with Crippen LogP contribution in [0.2, 0.25) is 0 Å². The fraction of sp³-hybridized carbons (Fsp3) is 0.429. The Hall–Kier alpha value is -1.47. The summed E-state index contributed by atoms with van der Waals surface area (Å²) in [4.78, 5) is 16.4. The molecule has 1 aliphatic heterocycles. The number of benzene rings is 1. The summed E-state index contributed by atoms with van der Waals surface area (Å²) in [5, 5.41) is 3.80. The fourth-order valence-electron chi connectivity index (χ4n) is 2.47. The van der Waals surface area contributed by atoms with E-state index >= 15 is 0 Å². The molecule has 2 heterocycles. The van der Waals surface area contributed by atoms with Gasteiger partial charge in [0.15, 0.2) is 9.84 Å². The van der Waals surface area contributed by atoms with Gasteiger partial charge in [0.25, 0.3) is 0 Å². The number of thiazole rings is 1. The van der Waals surface area contributed by atoms with Gasteiger partial charge in [-0.15, -0.1) is 11.3 Å². The van der Waals surface area contributed by atoms with Crippen LogP contribution < -0.4 is 5.32 Å². The van der Waals surface area contributed by atoms with E-state index in [0.717, 1.165) is 15.2 Å². The maximum atomic E-state index is 11.9. The molecule has 0 radical (unpaired) electrons. The highest BCUT2D eigenvalue weighted by Crippen LogP contribution is 2.22. The molecular formula is C14H16N2O3S2. The van der Waals surface area contributed by atoms with E-state index in [1.54, 1.807) is 11.3 Å². The highest BCUT2D eigenvalue weighted by atomic mass is 32.2. The Morgan fingerprint density at radius 1 is 1.38 bits per heavy atom. The van der Waals surface area contributed by atoms with E-state index in [9.17, 15) is 13.2 Å². The Labute approximate surface area is 127 Å². The number of carbonyl (C=O) groups excluding carboxylic acids is 1. The molecule has 1 aromatic carbocycles. The predicted octanol–water partition coefficient (Wildman–Crippen LogP) is 1.39. The van der Waals surface area contributed by atoms with Crippen molar-refractivity contribution in [3.63, 3.8) is 0 Å².